The van der Waals surface area contributed by atoms with Crippen LogP contribution in [0.15, 0.2) is 18.3 Å². The van der Waals surface area contributed by atoms with Gasteiger partial charge in [0.05, 0.1) is 5.56 Å². The fourth-order valence-corrected chi connectivity index (χ4v) is 1.16. The van der Waals surface area contributed by atoms with Gasteiger partial charge in [-0.2, -0.15) is 0 Å². The Labute approximate surface area is 99.3 Å². The lowest BCUT2D eigenvalue weighted by molar-refractivity contribution is 0.0696. The molecule has 1 aromatic heterocycles. The van der Waals surface area contributed by atoms with E-state index in [1.54, 1.807) is 7.05 Å². The Hall–Kier alpha value is -2.11. The standard InChI is InChI=1S/C11H15N3O3/c1-7(2)13-11(17)14(3)9-5-4-8(6-12-9)10(15)16/h4-7H,1-3H3,(H,13,17)(H,15,16). The van der Waals surface area contributed by atoms with Gasteiger partial charge in [-0.3, -0.25) is 4.90 Å². The van der Waals surface area contributed by atoms with Crippen LogP contribution in [0.4, 0.5) is 10.6 Å². The lowest BCUT2D eigenvalue weighted by atomic mass is 10.3. The lowest BCUT2D eigenvalue weighted by Crippen LogP contribution is -2.41. The van der Waals surface area contributed by atoms with E-state index >= 15 is 0 Å². The number of amides is 2. The lowest BCUT2D eigenvalue weighted by Gasteiger charge is -2.18. The van der Waals surface area contributed by atoms with E-state index in [1.165, 1.54) is 23.2 Å². The summed E-state index contributed by atoms with van der Waals surface area (Å²) >= 11 is 0. The largest absolute Gasteiger partial charge is 0.478 e. The van der Waals surface area contributed by atoms with Gasteiger partial charge in [-0.05, 0) is 26.0 Å². The van der Waals surface area contributed by atoms with Crippen LogP contribution in [0.1, 0.15) is 24.2 Å². The minimum Gasteiger partial charge on any atom is -0.478 e. The third kappa shape index (κ3) is 3.44. The Morgan fingerprint density at radius 3 is 2.47 bits per heavy atom. The molecule has 0 atom stereocenters. The van der Waals surface area contributed by atoms with E-state index in [2.05, 4.69) is 10.3 Å². The van der Waals surface area contributed by atoms with E-state index in [1.807, 2.05) is 13.8 Å². The van der Waals surface area contributed by atoms with Crippen molar-refractivity contribution >= 4 is 17.8 Å². The Balaban J connectivity index is 2.79. The summed E-state index contributed by atoms with van der Waals surface area (Å²) in [4.78, 5) is 27.5. The van der Waals surface area contributed by atoms with E-state index < -0.39 is 5.97 Å². The van der Waals surface area contributed by atoms with Crippen LogP contribution in [0.3, 0.4) is 0 Å². The Bertz CT molecular complexity index is 414. The third-order valence-electron chi connectivity index (χ3n) is 2.06. The van der Waals surface area contributed by atoms with Gasteiger partial charge < -0.3 is 10.4 Å². The second kappa shape index (κ2) is 5.29. The Morgan fingerprint density at radius 1 is 1.41 bits per heavy atom. The highest BCUT2D eigenvalue weighted by molar-refractivity contribution is 5.91. The molecule has 0 aliphatic carbocycles. The molecule has 0 unspecified atom stereocenters. The van der Waals surface area contributed by atoms with Crippen LogP contribution in [0, 0.1) is 0 Å². The maximum atomic E-state index is 11.6. The maximum absolute atomic E-state index is 11.6. The fraction of sp³-hybridized carbons (Fsp3) is 0.364. The van der Waals surface area contributed by atoms with E-state index in [4.69, 9.17) is 5.11 Å². The van der Waals surface area contributed by atoms with Gasteiger partial charge in [-0.1, -0.05) is 0 Å². The van der Waals surface area contributed by atoms with Crippen molar-refractivity contribution in [2.75, 3.05) is 11.9 Å². The molecule has 1 heterocycles. The molecule has 0 aromatic carbocycles. The van der Waals surface area contributed by atoms with Gasteiger partial charge in [-0.15, -0.1) is 0 Å². The van der Waals surface area contributed by atoms with Gasteiger partial charge in [0.2, 0.25) is 0 Å². The summed E-state index contributed by atoms with van der Waals surface area (Å²) in [5.74, 6) is -0.647. The highest BCUT2D eigenvalue weighted by Crippen LogP contribution is 2.09. The number of rotatable bonds is 3. The number of nitrogens with one attached hydrogen (secondary N) is 1. The number of aromatic carboxylic acids is 1. The number of hydrogen-bond acceptors (Lipinski definition) is 3. The van der Waals surface area contributed by atoms with Gasteiger partial charge in [-0.25, -0.2) is 14.6 Å². The van der Waals surface area contributed by atoms with Crippen molar-refractivity contribution in [3.63, 3.8) is 0 Å². The average Bonchev–Trinajstić information content (AvgIpc) is 2.27. The highest BCUT2D eigenvalue weighted by Gasteiger charge is 2.13. The van der Waals surface area contributed by atoms with Crippen molar-refractivity contribution in [2.45, 2.75) is 19.9 Å². The van der Waals surface area contributed by atoms with Gasteiger partial charge in [0.1, 0.15) is 5.82 Å². The predicted molar refractivity (Wildman–Crippen MR) is 63.3 cm³/mol. The number of carboxylic acid groups (broad SMARTS) is 1. The summed E-state index contributed by atoms with van der Waals surface area (Å²) in [7, 11) is 1.57. The second-order valence-electron chi connectivity index (χ2n) is 3.87. The molecule has 17 heavy (non-hydrogen) atoms. The van der Waals surface area contributed by atoms with Crippen LogP contribution in [0.25, 0.3) is 0 Å². The molecule has 0 bridgehead atoms. The molecule has 0 aliphatic heterocycles. The number of urea groups is 1. The van der Waals surface area contributed by atoms with Crippen molar-refractivity contribution in [3.8, 4) is 0 Å². The minimum atomic E-state index is -1.04. The van der Waals surface area contributed by atoms with Crippen LogP contribution in [-0.4, -0.2) is 35.2 Å². The van der Waals surface area contributed by atoms with Crippen molar-refractivity contribution in [1.29, 1.82) is 0 Å². The fourth-order valence-electron chi connectivity index (χ4n) is 1.16. The number of hydrogen-bond donors (Lipinski definition) is 2. The Kier molecular flexibility index (Phi) is 4.03. The molecule has 0 spiro atoms. The van der Waals surface area contributed by atoms with Crippen LogP contribution in [-0.2, 0) is 0 Å². The summed E-state index contributed by atoms with van der Waals surface area (Å²) in [5.41, 5.74) is 0.0893. The van der Waals surface area contributed by atoms with Gasteiger partial charge in [0.25, 0.3) is 0 Å². The molecule has 1 rings (SSSR count). The molecule has 0 saturated heterocycles. The molecule has 6 heteroatoms. The monoisotopic (exact) mass is 237 g/mol. The zero-order chi connectivity index (χ0) is 13.0. The average molecular weight is 237 g/mol. The minimum absolute atomic E-state index is 0.0308. The first-order valence-corrected chi connectivity index (χ1v) is 5.15. The van der Waals surface area contributed by atoms with Crippen LogP contribution >= 0.6 is 0 Å². The summed E-state index contributed by atoms with van der Waals surface area (Å²) in [5, 5.41) is 11.4. The summed E-state index contributed by atoms with van der Waals surface area (Å²) in [6.45, 7) is 3.71. The number of carbonyl (C=O) groups excluding carboxylic acids is 1. The molecule has 1 aromatic rings. The zero-order valence-electron chi connectivity index (χ0n) is 9.97. The highest BCUT2D eigenvalue weighted by atomic mass is 16.4. The van der Waals surface area contributed by atoms with E-state index in [0.29, 0.717) is 5.82 Å². The van der Waals surface area contributed by atoms with Crippen molar-refractivity contribution in [2.24, 2.45) is 0 Å². The smallest absolute Gasteiger partial charge is 0.337 e. The first kappa shape index (κ1) is 13.0. The van der Waals surface area contributed by atoms with Crippen LogP contribution in [0.2, 0.25) is 0 Å². The zero-order valence-corrected chi connectivity index (χ0v) is 9.97. The van der Waals surface area contributed by atoms with Crippen LogP contribution < -0.4 is 10.2 Å². The molecule has 0 fully saturated rings. The molecule has 0 radical (unpaired) electrons. The van der Waals surface area contributed by atoms with E-state index in [0.717, 1.165) is 0 Å². The number of carboxylic acids is 1. The molecule has 0 saturated carbocycles. The third-order valence-corrected chi connectivity index (χ3v) is 2.06. The van der Waals surface area contributed by atoms with Gasteiger partial charge in [0, 0.05) is 19.3 Å². The van der Waals surface area contributed by atoms with Crippen LogP contribution in [0.5, 0.6) is 0 Å². The maximum Gasteiger partial charge on any atom is 0.337 e. The number of nitrogens with zero attached hydrogens (tertiary/aromatic N) is 2. The van der Waals surface area contributed by atoms with Crippen molar-refractivity contribution < 1.29 is 14.7 Å². The molecule has 2 amide bonds. The van der Waals surface area contributed by atoms with Gasteiger partial charge >= 0.3 is 12.0 Å². The number of aromatic nitrogens is 1. The summed E-state index contributed by atoms with van der Waals surface area (Å²) in [6.07, 6.45) is 1.22. The number of anilines is 1. The van der Waals surface area contributed by atoms with Crippen molar-refractivity contribution in [1.82, 2.24) is 10.3 Å². The van der Waals surface area contributed by atoms with E-state index in [-0.39, 0.29) is 17.6 Å². The quantitative estimate of drug-likeness (QED) is 0.830. The SMILES string of the molecule is CC(C)NC(=O)N(C)c1ccc(C(=O)O)cn1. The normalized spacial score (nSPS) is 10.1. The van der Waals surface area contributed by atoms with Gasteiger partial charge in [0.15, 0.2) is 0 Å². The number of pyridine rings is 1. The molecule has 0 aliphatic rings. The van der Waals surface area contributed by atoms with Crippen molar-refractivity contribution in [3.05, 3.63) is 23.9 Å². The summed E-state index contributed by atoms with van der Waals surface area (Å²) < 4.78 is 0. The second-order valence-corrected chi connectivity index (χ2v) is 3.87. The topological polar surface area (TPSA) is 82.5 Å². The predicted octanol–water partition coefficient (Wildman–Crippen LogP) is 1.33. The molecule has 6 nitrogen and oxygen atoms in total. The first-order chi connectivity index (χ1) is 7.91. The molecular weight excluding hydrogens is 222 g/mol. The molecule has 2 N–H and O–H groups in total. The molecule has 92 valence electrons. The Morgan fingerprint density at radius 2 is 2.06 bits per heavy atom. The van der Waals surface area contributed by atoms with E-state index in [9.17, 15) is 9.59 Å². The first-order valence-electron chi connectivity index (χ1n) is 5.15. The summed E-state index contributed by atoms with van der Waals surface area (Å²) in [6, 6.07) is 2.64. The number of carbonyl (C=O) groups is 2. The molecular formula is C11H15N3O3.